The van der Waals surface area contributed by atoms with E-state index >= 15 is 0 Å². The maximum Gasteiger partial charge on any atom is 0.276 e. The predicted molar refractivity (Wildman–Crippen MR) is 65.3 cm³/mol. The van der Waals surface area contributed by atoms with Gasteiger partial charge in [0.05, 0.1) is 0 Å². The summed E-state index contributed by atoms with van der Waals surface area (Å²) in [4.78, 5) is 14.1. The summed E-state index contributed by atoms with van der Waals surface area (Å²) >= 11 is 5.70. The van der Waals surface area contributed by atoms with Crippen LogP contribution in [0.1, 0.15) is 41.9 Å². The van der Waals surface area contributed by atoms with Crippen LogP contribution in [0, 0.1) is 6.92 Å². The minimum atomic E-state index is -0.0149. The van der Waals surface area contributed by atoms with Crippen LogP contribution in [-0.2, 0) is 0 Å². The molecule has 0 spiro atoms. The number of hydrogen-bond donors (Lipinski definition) is 0. The molecule has 2 rings (SSSR count). The molecule has 4 nitrogen and oxygen atoms in total. The van der Waals surface area contributed by atoms with Crippen LogP contribution in [0.25, 0.3) is 0 Å². The molecule has 0 radical (unpaired) electrons. The number of aromatic nitrogens is 1. The first kappa shape index (κ1) is 12.4. The summed E-state index contributed by atoms with van der Waals surface area (Å²) in [5, 5.41) is 3.78. The van der Waals surface area contributed by atoms with E-state index in [9.17, 15) is 4.79 Å². The molecule has 2 heterocycles. The molecule has 1 unspecified atom stereocenters. The van der Waals surface area contributed by atoms with Crippen LogP contribution in [0.15, 0.2) is 10.6 Å². The van der Waals surface area contributed by atoms with Gasteiger partial charge in [0.2, 0.25) is 0 Å². The maximum absolute atomic E-state index is 12.2. The van der Waals surface area contributed by atoms with Crippen LogP contribution in [0.5, 0.6) is 0 Å². The highest BCUT2D eigenvalue weighted by Crippen LogP contribution is 2.23. The zero-order valence-corrected chi connectivity index (χ0v) is 10.7. The molecule has 0 bridgehead atoms. The second-order valence-electron chi connectivity index (χ2n) is 4.45. The Morgan fingerprint density at radius 2 is 2.53 bits per heavy atom. The third-order valence-corrected chi connectivity index (χ3v) is 3.42. The number of carbonyl (C=O) groups excluding carboxylic acids is 1. The van der Waals surface area contributed by atoms with E-state index in [1.807, 2.05) is 4.90 Å². The third-order valence-electron chi connectivity index (χ3n) is 3.16. The fourth-order valence-corrected chi connectivity index (χ4v) is 2.48. The highest BCUT2D eigenvalue weighted by molar-refractivity contribution is 6.17. The molecular weight excluding hydrogens is 240 g/mol. The lowest BCUT2D eigenvalue weighted by Crippen LogP contribution is -2.35. The van der Waals surface area contributed by atoms with Gasteiger partial charge in [-0.15, -0.1) is 11.6 Å². The Labute approximate surface area is 106 Å². The number of aryl methyl sites for hydroxylation is 1. The van der Waals surface area contributed by atoms with Crippen molar-refractivity contribution >= 4 is 17.5 Å². The normalized spacial score (nSPS) is 19.9. The van der Waals surface area contributed by atoms with Crippen LogP contribution in [0.3, 0.4) is 0 Å². The monoisotopic (exact) mass is 256 g/mol. The van der Waals surface area contributed by atoms with E-state index in [2.05, 4.69) is 5.16 Å². The second-order valence-corrected chi connectivity index (χ2v) is 4.83. The average Bonchev–Trinajstić information content (AvgIpc) is 2.94. The number of halogens is 1. The van der Waals surface area contributed by atoms with Crippen molar-refractivity contribution in [2.45, 2.75) is 38.6 Å². The third kappa shape index (κ3) is 2.80. The molecular formula is C12H17ClN2O2. The summed E-state index contributed by atoms with van der Waals surface area (Å²) in [6.45, 7) is 2.61. The molecule has 17 heavy (non-hydrogen) atoms. The van der Waals surface area contributed by atoms with Gasteiger partial charge in [-0.3, -0.25) is 4.79 Å². The number of hydrogen-bond acceptors (Lipinski definition) is 3. The topological polar surface area (TPSA) is 46.3 Å². The molecule has 94 valence electrons. The molecule has 1 amide bonds. The smallest absolute Gasteiger partial charge is 0.276 e. The van der Waals surface area contributed by atoms with E-state index in [0.29, 0.717) is 23.4 Å². The van der Waals surface area contributed by atoms with Crippen molar-refractivity contribution in [3.8, 4) is 0 Å². The van der Waals surface area contributed by atoms with Gasteiger partial charge >= 0.3 is 0 Å². The average molecular weight is 257 g/mol. The van der Waals surface area contributed by atoms with Crippen molar-refractivity contribution in [3.63, 3.8) is 0 Å². The number of alkyl halides is 1. The Morgan fingerprint density at radius 1 is 1.71 bits per heavy atom. The second kappa shape index (κ2) is 5.54. The molecule has 0 aliphatic carbocycles. The van der Waals surface area contributed by atoms with E-state index < -0.39 is 0 Å². The summed E-state index contributed by atoms with van der Waals surface area (Å²) < 4.78 is 4.94. The van der Waals surface area contributed by atoms with Gasteiger partial charge in [0.25, 0.3) is 5.91 Å². The summed E-state index contributed by atoms with van der Waals surface area (Å²) in [5.74, 6) is 1.31. The minimum absolute atomic E-state index is 0.0149. The molecule has 1 aromatic rings. The van der Waals surface area contributed by atoms with Crippen molar-refractivity contribution in [1.82, 2.24) is 10.1 Å². The number of rotatable bonds is 4. The van der Waals surface area contributed by atoms with Crippen LogP contribution in [0.4, 0.5) is 0 Å². The van der Waals surface area contributed by atoms with Gasteiger partial charge in [0, 0.05) is 24.5 Å². The lowest BCUT2D eigenvalue weighted by atomic mass is 10.1. The minimum Gasteiger partial charge on any atom is -0.361 e. The molecule has 1 atom stereocenters. The molecule has 1 aliphatic rings. The molecule has 0 aromatic carbocycles. The molecule has 0 N–H and O–H groups in total. The molecule has 1 aliphatic heterocycles. The predicted octanol–water partition coefficient (Wildman–Crippen LogP) is 2.61. The Balaban J connectivity index is 2.03. The van der Waals surface area contributed by atoms with Crippen molar-refractivity contribution in [2.75, 3.05) is 12.4 Å². The molecule has 1 fully saturated rings. The Hall–Kier alpha value is -1.03. The highest BCUT2D eigenvalue weighted by atomic mass is 35.5. The van der Waals surface area contributed by atoms with Gasteiger partial charge in [-0.2, -0.15) is 0 Å². The van der Waals surface area contributed by atoms with Crippen LogP contribution in [-0.4, -0.2) is 34.4 Å². The van der Waals surface area contributed by atoms with E-state index in [4.69, 9.17) is 16.1 Å². The fourth-order valence-electron chi connectivity index (χ4n) is 2.33. The van der Waals surface area contributed by atoms with Gasteiger partial charge in [-0.25, -0.2) is 0 Å². The van der Waals surface area contributed by atoms with Crippen molar-refractivity contribution in [1.29, 1.82) is 0 Å². The lowest BCUT2D eigenvalue weighted by molar-refractivity contribution is 0.0719. The quantitative estimate of drug-likeness (QED) is 0.778. The van der Waals surface area contributed by atoms with Crippen LogP contribution in [0.2, 0.25) is 0 Å². The summed E-state index contributed by atoms with van der Waals surface area (Å²) in [5.41, 5.74) is 0.417. The van der Waals surface area contributed by atoms with Gasteiger partial charge in [-0.1, -0.05) is 5.16 Å². The first-order chi connectivity index (χ1) is 8.22. The molecule has 5 heteroatoms. The van der Waals surface area contributed by atoms with Gasteiger partial charge in [0.15, 0.2) is 5.69 Å². The Kier molecular flexibility index (Phi) is 4.05. The number of carbonyl (C=O) groups is 1. The zero-order valence-electron chi connectivity index (χ0n) is 9.99. The highest BCUT2D eigenvalue weighted by Gasteiger charge is 2.30. The first-order valence-corrected chi connectivity index (χ1v) is 6.56. The number of amides is 1. The van der Waals surface area contributed by atoms with Gasteiger partial charge in [-0.05, 0) is 32.6 Å². The lowest BCUT2D eigenvalue weighted by Gasteiger charge is -2.23. The van der Waals surface area contributed by atoms with Crippen molar-refractivity contribution in [3.05, 3.63) is 17.5 Å². The van der Waals surface area contributed by atoms with Gasteiger partial charge < -0.3 is 9.42 Å². The zero-order chi connectivity index (χ0) is 12.3. The molecule has 1 aromatic heterocycles. The largest absolute Gasteiger partial charge is 0.361 e. The van der Waals surface area contributed by atoms with Crippen molar-refractivity contribution in [2.24, 2.45) is 0 Å². The maximum atomic E-state index is 12.2. The standard InChI is InChI=1S/C12H17ClN2O2/c1-9-8-11(14-17-9)12(16)15-7-3-5-10(15)4-2-6-13/h8,10H,2-7H2,1H3. The van der Waals surface area contributed by atoms with E-state index in [1.54, 1.807) is 13.0 Å². The van der Waals surface area contributed by atoms with E-state index in [1.165, 1.54) is 0 Å². The first-order valence-electron chi connectivity index (χ1n) is 6.02. The molecule has 1 saturated heterocycles. The SMILES string of the molecule is Cc1cc(C(=O)N2CCCC2CCCCl)no1. The van der Waals surface area contributed by atoms with E-state index in [0.717, 1.165) is 32.2 Å². The Morgan fingerprint density at radius 3 is 3.18 bits per heavy atom. The number of likely N-dealkylation sites (tertiary alicyclic amines) is 1. The van der Waals surface area contributed by atoms with Crippen LogP contribution >= 0.6 is 11.6 Å². The van der Waals surface area contributed by atoms with Crippen LogP contribution < -0.4 is 0 Å². The van der Waals surface area contributed by atoms with Gasteiger partial charge in [0.1, 0.15) is 5.76 Å². The van der Waals surface area contributed by atoms with Crippen molar-refractivity contribution < 1.29 is 9.32 Å². The van der Waals surface area contributed by atoms with E-state index in [-0.39, 0.29) is 5.91 Å². The summed E-state index contributed by atoms with van der Waals surface area (Å²) in [6.07, 6.45) is 4.06. The Bertz CT molecular complexity index is 392. The summed E-state index contributed by atoms with van der Waals surface area (Å²) in [7, 11) is 0. The number of nitrogens with zero attached hydrogens (tertiary/aromatic N) is 2. The summed E-state index contributed by atoms with van der Waals surface area (Å²) in [6, 6.07) is 2.01. The molecule has 0 saturated carbocycles. The fraction of sp³-hybridized carbons (Fsp3) is 0.667.